The number of nitrogens with one attached hydrogen (secondary N) is 1. The molecule has 6 nitrogen and oxygen atoms in total. The summed E-state index contributed by atoms with van der Waals surface area (Å²) in [5.41, 5.74) is 0. The lowest BCUT2D eigenvalue weighted by molar-refractivity contribution is 0.311. The highest BCUT2D eigenvalue weighted by Crippen LogP contribution is 2.13. The van der Waals surface area contributed by atoms with Crippen molar-refractivity contribution in [2.24, 2.45) is 0 Å². The Morgan fingerprint density at radius 2 is 2.10 bits per heavy atom. The van der Waals surface area contributed by atoms with Gasteiger partial charge in [-0.25, -0.2) is 4.98 Å². The molecular formula is C14H19N5O. The number of hydrogen-bond acceptors (Lipinski definition) is 6. The van der Waals surface area contributed by atoms with Gasteiger partial charge in [0.25, 0.3) is 0 Å². The van der Waals surface area contributed by atoms with Crippen molar-refractivity contribution in [3.8, 4) is 0 Å². The fourth-order valence-corrected chi connectivity index (χ4v) is 2.20. The Morgan fingerprint density at radius 1 is 1.25 bits per heavy atom. The standard InChI is InChI=1S/C14H19N5O/c1-18-6-8-19(9-7-18)14-15-5-4-13(17-14)16-11-12-3-2-10-20-12/h2-5,10H,6-9,11H2,1H3,(H,15,16,17). The molecule has 3 heterocycles. The Balaban J connectivity index is 1.63. The zero-order valence-electron chi connectivity index (χ0n) is 11.6. The van der Waals surface area contributed by atoms with Gasteiger partial charge in [-0.2, -0.15) is 4.98 Å². The van der Waals surface area contributed by atoms with E-state index >= 15 is 0 Å². The Morgan fingerprint density at radius 3 is 2.85 bits per heavy atom. The van der Waals surface area contributed by atoms with Crippen molar-refractivity contribution in [3.05, 3.63) is 36.4 Å². The quantitative estimate of drug-likeness (QED) is 0.909. The van der Waals surface area contributed by atoms with Crippen LogP contribution in [-0.4, -0.2) is 48.1 Å². The van der Waals surface area contributed by atoms with Crippen LogP contribution in [0, 0.1) is 0 Å². The molecule has 2 aromatic heterocycles. The van der Waals surface area contributed by atoms with Crippen LogP contribution in [-0.2, 0) is 6.54 Å². The Labute approximate surface area is 118 Å². The minimum atomic E-state index is 0.631. The zero-order chi connectivity index (χ0) is 13.8. The third-order valence-corrected chi connectivity index (χ3v) is 3.45. The van der Waals surface area contributed by atoms with E-state index in [-0.39, 0.29) is 0 Å². The van der Waals surface area contributed by atoms with Crippen molar-refractivity contribution < 1.29 is 4.42 Å². The summed E-state index contributed by atoms with van der Waals surface area (Å²) in [6.07, 6.45) is 3.47. The molecule has 0 aliphatic carbocycles. The van der Waals surface area contributed by atoms with Gasteiger partial charge in [0, 0.05) is 32.4 Å². The van der Waals surface area contributed by atoms with Crippen molar-refractivity contribution in [2.45, 2.75) is 6.54 Å². The Bertz CT molecular complexity index is 534. The van der Waals surface area contributed by atoms with Gasteiger partial charge in [0.15, 0.2) is 0 Å². The molecule has 0 unspecified atom stereocenters. The van der Waals surface area contributed by atoms with Crippen LogP contribution in [0.4, 0.5) is 11.8 Å². The largest absolute Gasteiger partial charge is 0.467 e. The normalized spacial score (nSPS) is 16.4. The summed E-state index contributed by atoms with van der Waals surface area (Å²) in [5, 5.41) is 3.25. The van der Waals surface area contributed by atoms with Gasteiger partial charge in [-0.05, 0) is 25.2 Å². The van der Waals surface area contributed by atoms with Gasteiger partial charge in [-0.15, -0.1) is 0 Å². The molecule has 1 fully saturated rings. The molecule has 2 aromatic rings. The van der Waals surface area contributed by atoms with Gasteiger partial charge < -0.3 is 19.5 Å². The fraction of sp³-hybridized carbons (Fsp3) is 0.429. The Kier molecular flexibility index (Phi) is 3.83. The number of nitrogens with zero attached hydrogens (tertiary/aromatic N) is 4. The number of anilines is 2. The van der Waals surface area contributed by atoms with E-state index in [4.69, 9.17) is 4.42 Å². The molecule has 1 saturated heterocycles. The zero-order valence-corrected chi connectivity index (χ0v) is 11.6. The van der Waals surface area contributed by atoms with Crippen molar-refractivity contribution in [3.63, 3.8) is 0 Å². The van der Waals surface area contributed by atoms with E-state index in [9.17, 15) is 0 Å². The van der Waals surface area contributed by atoms with E-state index in [1.54, 1.807) is 12.5 Å². The van der Waals surface area contributed by atoms with Crippen LogP contribution >= 0.6 is 0 Å². The van der Waals surface area contributed by atoms with Gasteiger partial charge in [-0.1, -0.05) is 0 Å². The lowest BCUT2D eigenvalue weighted by Gasteiger charge is -2.32. The number of rotatable bonds is 4. The first kappa shape index (κ1) is 12.9. The van der Waals surface area contributed by atoms with Crippen LogP contribution in [0.3, 0.4) is 0 Å². The van der Waals surface area contributed by atoms with Crippen molar-refractivity contribution in [1.29, 1.82) is 0 Å². The molecule has 3 rings (SSSR count). The third-order valence-electron chi connectivity index (χ3n) is 3.45. The number of likely N-dealkylation sites (N-methyl/N-ethyl adjacent to an activating group) is 1. The molecule has 0 atom stereocenters. The number of piperazine rings is 1. The first-order valence-electron chi connectivity index (χ1n) is 6.84. The monoisotopic (exact) mass is 273 g/mol. The minimum absolute atomic E-state index is 0.631. The van der Waals surface area contributed by atoms with Crippen LogP contribution in [0.2, 0.25) is 0 Å². The number of furan rings is 1. The fourth-order valence-electron chi connectivity index (χ4n) is 2.20. The molecule has 1 aliphatic rings. The van der Waals surface area contributed by atoms with Crippen LogP contribution in [0.15, 0.2) is 35.1 Å². The van der Waals surface area contributed by atoms with Crippen LogP contribution in [0.5, 0.6) is 0 Å². The predicted octanol–water partition coefficient (Wildman–Crippen LogP) is 1.43. The smallest absolute Gasteiger partial charge is 0.227 e. The SMILES string of the molecule is CN1CCN(c2nccc(NCc3ccco3)n2)CC1. The van der Waals surface area contributed by atoms with Crippen LogP contribution in [0.1, 0.15) is 5.76 Å². The van der Waals surface area contributed by atoms with E-state index in [2.05, 4.69) is 32.1 Å². The number of hydrogen-bond donors (Lipinski definition) is 1. The summed E-state index contributed by atoms with van der Waals surface area (Å²) < 4.78 is 5.29. The van der Waals surface area contributed by atoms with Gasteiger partial charge in [0.1, 0.15) is 11.6 Å². The molecule has 0 amide bonds. The lowest BCUT2D eigenvalue weighted by atomic mass is 10.3. The topological polar surface area (TPSA) is 57.4 Å². The molecular weight excluding hydrogens is 254 g/mol. The number of aromatic nitrogens is 2. The summed E-state index contributed by atoms with van der Waals surface area (Å²) >= 11 is 0. The molecule has 106 valence electrons. The summed E-state index contributed by atoms with van der Waals surface area (Å²) in [7, 11) is 2.14. The highest BCUT2D eigenvalue weighted by Gasteiger charge is 2.16. The van der Waals surface area contributed by atoms with E-state index < -0.39 is 0 Å². The molecule has 0 radical (unpaired) electrons. The first-order chi connectivity index (χ1) is 9.81. The van der Waals surface area contributed by atoms with Gasteiger partial charge in [0.2, 0.25) is 5.95 Å². The maximum atomic E-state index is 5.29. The average Bonchev–Trinajstić information content (AvgIpc) is 3.00. The predicted molar refractivity (Wildman–Crippen MR) is 77.8 cm³/mol. The first-order valence-corrected chi connectivity index (χ1v) is 6.84. The average molecular weight is 273 g/mol. The van der Waals surface area contributed by atoms with Gasteiger partial charge >= 0.3 is 0 Å². The summed E-state index contributed by atoms with van der Waals surface area (Å²) in [4.78, 5) is 13.5. The Hall–Kier alpha value is -2.08. The van der Waals surface area contributed by atoms with Crippen molar-refractivity contribution in [1.82, 2.24) is 14.9 Å². The van der Waals surface area contributed by atoms with Crippen molar-refractivity contribution >= 4 is 11.8 Å². The van der Waals surface area contributed by atoms with E-state index in [1.807, 2.05) is 18.2 Å². The second kappa shape index (κ2) is 5.92. The second-order valence-corrected chi connectivity index (χ2v) is 4.97. The highest BCUT2D eigenvalue weighted by atomic mass is 16.3. The van der Waals surface area contributed by atoms with E-state index in [0.717, 1.165) is 43.7 Å². The van der Waals surface area contributed by atoms with Gasteiger partial charge in [0.05, 0.1) is 12.8 Å². The summed E-state index contributed by atoms with van der Waals surface area (Å²) in [5.74, 6) is 2.51. The third kappa shape index (κ3) is 3.08. The van der Waals surface area contributed by atoms with Crippen molar-refractivity contribution in [2.75, 3.05) is 43.4 Å². The summed E-state index contributed by atoms with van der Waals surface area (Å²) in [6, 6.07) is 5.70. The molecule has 1 N–H and O–H groups in total. The van der Waals surface area contributed by atoms with Crippen LogP contribution in [0.25, 0.3) is 0 Å². The minimum Gasteiger partial charge on any atom is -0.467 e. The molecule has 0 spiro atoms. The highest BCUT2D eigenvalue weighted by molar-refractivity contribution is 5.41. The van der Waals surface area contributed by atoms with Gasteiger partial charge in [-0.3, -0.25) is 0 Å². The van der Waals surface area contributed by atoms with Crippen LogP contribution < -0.4 is 10.2 Å². The molecule has 6 heteroatoms. The summed E-state index contributed by atoms with van der Waals surface area (Å²) in [6.45, 7) is 4.67. The maximum absolute atomic E-state index is 5.29. The maximum Gasteiger partial charge on any atom is 0.227 e. The molecule has 1 aliphatic heterocycles. The van der Waals surface area contributed by atoms with E-state index in [1.165, 1.54) is 0 Å². The molecule has 0 saturated carbocycles. The van der Waals surface area contributed by atoms with E-state index in [0.29, 0.717) is 6.54 Å². The molecule has 0 aromatic carbocycles. The molecule has 20 heavy (non-hydrogen) atoms. The lowest BCUT2D eigenvalue weighted by Crippen LogP contribution is -2.45. The second-order valence-electron chi connectivity index (χ2n) is 4.97. The molecule has 0 bridgehead atoms.